The maximum Gasteiger partial charge on any atom is 0.124 e. The molecular formula is C15H13N3S. The second-order valence-electron chi connectivity index (χ2n) is 4.77. The van der Waals surface area contributed by atoms with Gasteiger partial charge in [0.25, 0.3) is 0 Å². The zero-order valence-corrected chi connectivity index (χ0v) is 11.2. The molecule has 4 rings (SSSR count). The van der Waals surface area contributed by atoms with Gasteiger partial charge in [-0.1, -0.05) is 12.1 Å². The van der Waals surface area contributed by atoms with Gasteiger partial charge in [0.15, 0.2) is 0 Å². The zero-order chi connectivity index (χ0) is 12.7. The first-order valence-corrected chi connectivity index (χ1v) is 7.25. The van der Waals surface area contributed by atoms with Gasteiger partial charge in [-0.2, -0.15) is 0 Å². The molecule has 19 heavy (non-hydrogen) atoms. The molecule has 3 aromatic rings. The number of pyridine rings is 1. The number of aromatic nitrogens is 2. The third-order valence-corrected chi connectivity index (χ3v) is 4.62. The average Bonchev–Trinajstić information content (AvgIpc) is 2.90. The molecular weight excluding hydrogens is 254 g/mol. The zero-order valence-electron chi connectivity index (χ0n) is 10.4. The van der Waals surface area contributed by atoms with Crippen molar-refractivity contribution >= 4 is 21.6 Å². The van der Waals surface area contributed by atoms with E-state index in [1.165, 1.54) is 21.4 Å². The van der Waals surface area contributed by atoms with Crippen LogP contribution in [0.4, 0.5) is 0 Å². The highest BCUT2D eigenvalue weighted by atomic mass is 32.1. The molecule has 3 nitrogen and oxygen atoms in total. The van der Waals surface area contributed by atoms with Crippen molar-refractivity contribution in [3.05, 3.63) is 47.8 Å². The lowest BCUT2D eigenvalue weighted by molar-refractivity contribution is 0.644. The monoisotopic (exact) mass is 267 g/mol. The Hall–Kier alpha value is -1.78. The van der Waals surface area contributed by atoms with Crippen molar-refractivity contribution in [1.82, 2.24) is 15.3 Å². The number of thiazole rings is 1. The summed E-state index contributed by atoms with van der Waals surface area (Å²) in [5, 5.41) is 4.50. The molecule has 0 spiro atoms. The van der Waals surface area contributed by atoms with Crippen LogP contribution in [0, 0.1) is 0 Å². The lowest BCUT2D eigenvalue weighted by Gasteiger charge is -2.17. The summed E-state index contributed by atoms with van der Waals surface area (Å²) in [5.74, 6) is 0. The minimum Gasteiger partial charge on any atom is -0.312 e. The molecule has 94 valence electrons. The highest BCUT2D eigenvalue weighted by molar-refractivity contribution is 7.21. The highest BCUT2D eigenvalue weighted by Crippen LogP contribution is 2.31. The number of hydrogen-bond donors (Lipinski definition) is 1. The third-order valence-electron chi connectivity index (χ3n) is 3.53. The molecule has 1 aliphatic rings. The number of hydrogen-bond acceptors (Lipinski definition) is 4. The molecule has 0 aliphatic carbocycles. The van der Waals surface area contributed by atoms with E-state index in [0.717, 1.165) is 30.0 Å². The van der Waals surface area contributed by atoms with Crippen LogP contribution < -0.4 is 5.32 Å². The van der Waals surface area contributed by atoms with Crippen LogP contribution in [0.25, 0.3) is 20.8 Å². The van der Waals surface area contributed by atoms with Crippen molar-refractivity contribution in [1.29, 1.82) is 0 Å². The van der Waals surface area contributed by atoms with Gasteiger partial charge >= 0.3 is 0 Å². The van der Waals surface area contributed by atoms with Gasteiger partial charge in [0, 0.05) is 18.3 Å². The second-order valence-corrected chi connectivity index (χ2v) is 5.80. The van der Waals surface area contributed by atoms with E-state index in [2.05, 4.69) is 33.5 Å². The Kier molecular flexibility index (Phi) is 2.57. The SMILES string of the molecule is c1cc2sc(-c3ccc4c(c3)CNCC4)nc2cn1. The molecule has 1 aliphatic heterocycles. The molecule has 0 bridgehead atoms. The summed E-state index contributed by atoms with van der Waals surface area (Å²) < 4.78 is 1.20. The van der Waals surface area contributed by atoms with Gasteiger partial charge in [-0.15, -0.1) is 11.3 Å². The summed E-state index contributed by atoms with van der Waals surface area (Å²) in [6.07, 6.45) is 4.77. The number of nitrogens with one attached hydrogen (secondary N) is 1. The Labute approximate surface area is 115 Å². The lowest BCUT2D eigenvalue weighted by Crippen LogP contribution is -2.23. The van der Waals surface area contributed by atoms with Crippen LogP contribution in [0.5, 0.6) is 0 Å². The van der Waals surface area contributed by atoms with Crippen LogP contribution in [0.1, 0.15) is 11.1 Å². The second kappa shape index (κ2) is 4.40. The summed E-state index contributed by atoms with van der Waals surface area (Å²) >= 11 is 1.73. The first kappa shape index (κ1) is 11.1. The van der Waals surface area contributed by atoms with E-state index in [-0.39, 0.29) is 0 Å². The van der Waals surface area contributed by atoms with Crippen molar-refractivity contribution in [2.24, 2.45) is 0 Å². The number of benzene rings is 1. The first-order chi connectivity index (χ1) is 9.40. The van der Waals surface area contributed by atoms with Crippen LogP contribution in [0.3, 0.4) is 0 Å². The van der Waals surface area contributed by atoms with Crippen LogP contribution >= 0.6 is 11.3 Å². The molecule has 0 saturated carbocycles. The Morgan fingerprint density at radius 2 is 2.16 bits per heavy atom. The molecule has 2 aromatic heterocycles. The maximum atomic E-state index is 4.67. The van der Waals surface area contributed by atoms with Gasteiger partial charge in [0.1, 0.15) is 10.5 Å². The van der Waals surface area contributed by atoms with Crippen molar-refractivity contribution in [2.45, 2.75) is 13.0 Å². The van der Waals surface area contributed by atoms with Gasteiger partial charge in [0.2, 0.25) is 0 Å². The van der Waals surface area contributed by atoms with E-state index >= 15 is 0 Å². The Balaban J connectivity index is 1.83. The topological polar surface area (TPSA) is 37.8 Å². The molecule has 3 heterocycles. The molecule has 0 radical (unpaired) electrons. The maximum absolute atomic E-state index is 4.67. The fourth-order valence-electron chi connectivity index (χ4n) is 2.52. The number of nitrogens with zero attached hydrogens (tertiary/aromatic N) is 2. The van der Waals surface area contributed by atoms with Crippen molar-refractivity contribution < 1.29 is 0 Å². The van der Waals surface area contributed by atoms with Crippen LogP contribution in [-0.4, -0.2) is 16.5 Å². The van der Waals surface area contributed by atoms with Gasteiger partial charge in [-0.25, -0.2) is 4.98 Å². The summed E-state index contributed by atoms with van der Waals surface area (Å²) in [7, 11) is 0. The summed E-state index contributed by atoms with van der Waals surface area (Å²) in [6.45, 7) is 2.05. The number of rotatable bonds is 1. The van der Waals surface area contributed by atoms with Gasteiger partial charge in [-0.3, -0.25) is 4.98 Å². The van der Waals surface area contributed by atoms with Gasteiger partial charge < -0.3 is 5.32 Å². The van der Waals surface area contributed by atoms with Gasteiger partial charge in [-0.05, 0) is 36.2 Å². The van der Waals surface area contributed by atoms with E-state index in [0.29, 0.717) is 0 Å². The van der Waals surface area contributed by atoms with Crippen molar-refractivity contribution in [3.8, 4) is 10.6 Å². The van der Waals surface area contributed by atoms with E-state index in [1.54, 1.807) is 11.3 Å². The smallest absolute Gasteiger partial charge is 0.124 e. The van der Waals surface area contributed by atoms with E-state index in [9.17, 15) is 0 Å². The normalized spacial score (nSPS) is 14.5. The fraction of sp³-hybridized carbons (Fsp3) is 0.200. The largest absolute Gasteiger partial charge is 0.312 e. The van der Waals surface area contributed by atoms with Gasteiger partial charge in [0.05, 0.1) is 10.9 Å². The predicted molar refractivity (Wildman–Crippen MR) is 78.3 cm³/mol. The molecule has 4 heteroatoms. The Morgan fingerprint density at radius 1 is 1.16 bits per heavy atom. The lowest BCUT2D eigenvalue weighted by atomic mass is 9.99. The molecule has 0 atom stereocenters. The molecule has 1 N–H and O–H groups in total. The first-order valence-electron chi connectivity index (χ1n) is 6.43. The third kappa shape index (κ3) is 1.93. The van der Waals surface area contributed by atoms with Crippen molar-refractivity contribution in [2.75, 3.05) is 6.54 Å². The minimum absolute atomic E-state index is 0.968. The summed E-state index contributed by atoms with van der Waals surface area (Å²) in [6, 6.07) is 8.73. The molecule has 0 saturated heterocycles. The van der Waals surface area contributed by atoms with Crippen molar-refractivity contribution in [3.63, 3.8) is 0 Å². The highest BCUT2D eigenvalue weighted by Gasteiger charge is 2.11. The van der Waals surface area contributed by atoms with E-state index < -0.39 is 0 Å². The minimum atomic E-state index is 0.968. The fourth-order valence-corrected chi connectivity index (χ4v) is 3.45. The predicted octanol–water partition coefficient (Wildman–Crippen LogP) is 3.00. The Morgan fingerprint density at radius 3 is 3.11 bits per heavy atom. The quantitative estimate of drug-likeness (QED) is 0.736. The molecule has 0 amide bonds. The summed E-state index contributed by atoms with van der Waals surface area (Å²) in [5.41, 5.74) is 5.06. The van der Waals surface area contributed by atoms with Crippen LogP contribution in [0.15, 0.2) is 36.7 Å². The average molecular weight is 267 g/mol. The standard InChI is InChI=1S/C15H13N3S/c1-2-11(7-12-8-16-5-3-10(1)12)15-18-13-9-17-6-4-14(13)19-15/h1-2,4,6-7,9,16H,3,5,8H2. The van der Waals surface area contributed by atoms with Crippen LogP contribution in [0.2, 0.25) is 0 Å². The summed E-state index contributed by atoms with van der Waals surface area (Å²) in [4.78, 5) is 8.79. The number of fused-ring (bicyclic) bond motifs is 2. The van der Waals surface area contributed by atoms with Crippen LogP contribution in [-0.2, 0) is 13.0 Å². The molecule has 0 unspecified atom stereocenters. The van der Waals surface area contributed by atoms with E-state index in [1.807, 2.05) is 18.5 Å². The molecule has 1 aromatic carbocycles. The Bertz CT molecular complexity index is 715. The molecule has 0 fully saturated rings. The van der Waals surface area contributed by atoms with E-state index in [4.69, 9.17) is 0 Å².